The van der Waals surface area contributed by atoms with Crippen LogP contribution in [0, 0.1) is 12.3 Å². The van der Waals surface area contributed by atoms with Gasteiger partial charge in [0.2, 0.25) is 0 Å². The minimum atomic E-state index is -0.139. The van der Waals surface area contributed by atoms with Crippen molar-refractivity contribution in [2.75, 3.05) is 6.61 Å². The van der Waals surface area contributed by atoms with E-state index >= 15 is 0 Å². The molecular weight excluding hydrogens is 218 g/mol. The Morgan fingerprint density at radius 2 is 1.88 bits per heavy atom. The third kappa shape index (κ3) is 3.81. The molecule has 0 atom stereocenters. The zero-order valence-corrected chi connectivity index (χ0v) is 10.9. The molecule has 2 nitrogen and oxygen atoms in total. The summed E-state index contributed by atoms with van der Waals surface area (Å²) >= 11 is 5.00. The second-order valence-electron chi connectivity index (χ2n) is 4.66. The lowest BCUT2D eigenvalue weighted by molar-refractivity contribution is 0.270. The Hall–Kier alpha value is -1.09. The molecule has 0 spiro atoms. The number of hydrogen-bond acceptors (Lipinski definition) is 2. The highest BCUT2D eigenvalue weighted by Crippen LogP contribution is 2.21. The van der Waals surface area contributed by atoms with E-state index in [9.17, 15) is 0 Å². The Balaban J connectivity index is 2.41. The molecule has 3 heteroatoms. The maximum atomic E-state index is 5.65. The predicted molar refractivity (Wildman–Crippen MR) is 71.9 cm³/mol. The fraction of sp³-hybridized carbons (Fsp3) is 0.462. The molecule has 0 fully saturated rings. The summed E-state index contributed by atoms with van der Waals surface area (Å²) in [6, 6.07) is 8.02. The van der Waals surface area contributed by atoms with Gasteiger partial charge in [0, 0.05) is 5.41 Å². The summed E-state index contributed by atoms with van der Waals surface area (Å²) in [5, 5.41) is 0. The van der Waals surface area contributed by atoms with E-state index in [1.165, 1.54) is 5.56 Å². The number of ether oxygens (including phenoxy) is 1. The van der Waals surface area contributed by atoms with Crippen molar-refractivity contribution < 1.29 is 4.74 Å². The van der Waals surface area contributed by atoms with Crippen molar-refractivity contribution in [2.24, 2.45) is 11.1 Å². The van der Waals surface area contributed by atoms with Gasteiger partial charge in [0.1, 0.15) is 5.75 Å². The molecule has 0 aliphatic carbocycles. The lowest BCUT2D eigenvalue weighted by Gasteiger charge is -2.22. The largest absolute Gasteiger partial charge is 0.494 e. The monoisotopic (exact) mass is 237 g/mol. The predicted octanol–water partition coefficient (Wildman–Crippen LogP) is 3.08. The van der Waals surface area contributed by atoms with Gasteiger partial charge in [-0.05, 0) is 25.5 Å². The highest BCUT2D eigenvalue weighted by atomic mass is 32.1. The van der Waals surface area contributed by atoms with Crippen LogP contribution in [0.3, 0.4) is 0 Å². The fourth-order valence-corrected chi connectivity index (χ4v) is 1.28. The molecule has 0 saturated heterocycles. The fourth-order valence-electron chi connectivity index (χ4n) is 1.18. The van der Waals surface area contributed by atoms with Crippen molar-refractivity contribution in [3.8, 4) is 5.75 Å². The van der Waals surface area contributed by atoms with Crippen LogP contribution in [0.2, 0.25) is 0 Å². The van der Waals surface area contributed by atoms with Gasteiger partial charge in [0.15, 0.2) is 0 Å². The molecule has 0 radical (unpaired) electrons. The first-order valence-corrected chi connectivity index (χ1v) is 5.82. The van der Waals surface area contributed by atoms with Crippen LogP contribution < -0.4 is 10.5 Å². The highest BCUT2D eigenvalue weighted by Gasteiger charge is 2.20. The summed E-state index contributed by atoms with van der Waals surface area (Å²) in [5.41, 5.74) is 6.74. The van der Waals surface area contributed by atoms with E-state index in [2.05, 4.69) is 6.92 Å². The van der Waals surface area contributed by atoms with Crippen molar-refractivity contribution in [1.82, 2.24) is 0 Å². The van der Waals surface area contributed by atoms with Crippen LogP contribution >= 0.6 is 12.2 Å². The molecule has 16 heavy (non-hydrogen) atoms. The van der Waals surface area contributed by atoms with Crippen LogP contribution in [0.4, 0.5) is 0 Å². The summed E-state index contributed by atoms with van der Waals surface area (Å²) in [6.07, 6.45) is 0.830. The van der Waals surface area contributed by atoms with E-state index in [0.29, 0.717) is 11.6 Å². The van der Waals surface area contributed by atoms with Gasteiger partial charge in [-0.15, -0.1) is 0 Å². The van der Waals surface area contributed by atoms with Crippen molar-refractivity contribution in [3.05, 3.63) is 29.8 Å². The maximum absolute atomic E-state index is 5.65. The number of rotatable bonds is 5. The third-order valence-corrected chi connectivity index (χ3v) is 3.24. The van der Waals surface area contributed by atoms with Gasteiger partial charge in [0.25, 0.3) is 0 Å². The first kappa shape index (κ1) is 13.0. The van der Waals surface area contributed by atoms with Gasteiger partial charge >= 0.3 is 0 Å². The third-order valence-electron chi connectivity index (χ3n) is 2.68. The van der Waals surface area contributed by atoms with Gasteiger partial charge < -0.3 is 10.5 Å². The lowest BCUT2D eigenvalue weighted by Crippen LogP contribution is -2.31. The molecule has 0 bridgehead atoms. The summed E-state index contributed by atoms with van der Waals surface area (Å²) < 4.78 is 5.63. The molecule has 88 valence electrons. The Morgan fingerprint density at radius 3 is 2.38 bits per heavy atom. The molecule has 1 aromatic rings. The van der Waals surface area contributed by atoms with Crippen LogP contribution in [0.1, 0.15) is 25.8 Å². The van der Waals surface area contributed by atoms with E-state index in [1.54, 1.807) is 0 Å². The molecule has 2 N–H and O–H groups in total. The van der Waals surface area contributed by atoms with Crippen molar-refractivity contribution in [2.45, 2.75) is 27.2 Å². The van der Waals surface area contributed by atoms with E-state index in [-0.39, 0.29) is 5.41 Å². The smallest absolute Gasteiger partial charge is 0.119 e. The number of nitrogens with two attached hydrogens (primary N) is 1. The normalized spacial score (nSPS) is 11.2. The van der Waals surface area contributed by atoms with E-state index in [0.717, 1.165) is 12.2 Å². The molecule has 1 aromatic carbocycles. The van der Waals surface area contributed by atoms with Gasteiger partial charge in [-0.3, -0.25) is 0 Å². The summed E-state index contributed by atoms with van der Waals surface area (Å²) in [7, 11) is 0. The van der Waals surface area contributed by atoms with Gasteiger partial charge in [-0.1, -0.05) is 43.8 Å². The summed E-state index contributed by atoms with van der Waals surface area (Å²) in [4.78, 5) is 0.542. The van der Waals surface area contributed by atoms with Crippen LogP contribution in [0.25, 0.3) is 0 Å². The minimum Gasteiger partial charge on any atom is -0.494 e. The van der Waals surface area contributed by atoms with Gasteiger partial charge in [0.05, 0.1) is 11.6 Å². The van der Waals surface area contributed by atoms with E-state index < -0.39 is 0 Å². The Labute approximate surface area is 103 Å². The van der Waals surface area contributed by atoms with E-state index in [1.807, 2.05) is 38.1 Å². The average Bonchev–Trinajstić information content (AvgIpc) is 2.20. The lowest BCUT2D eigenvalue weighted by atomic mass is 9.90. The molecule has 1 rings (SSSR count). The molecule has 0 aliphatic rings. The standard InChI is InChI=1S/C13H19NOS/c1-10-4-6-11(7-5-10)15-9-8-13(2,3)12(14)16/h4-7H,8-9H2,1-3H3,(H2,14,16). The zero-order chi connectivity index (χ0) is 12.2. The minimum absolute atomic E-state index is 0.139. The van der Waals surface area contributed by atoms with Crippen molar-refractivity contribution >= 4 is 17.2 Å². The molecule has 0 amide bonds. The molecule has 0 aliphatic heterocycles. The molecule has 0 unspecified atom stereocenters. The van der Waals surface area contributed by atoms with Crippen LogP contribution in [-0.4, -0.2) is 11.6 Å². The SMILES string of the molecule is Cc1ccc(OCCC(C)(C)C(N)=S)cc1. The van der Waals surface area contributed by atoms with Crippen LogP contribution in [0.15, 0.2) is 24.3 Å². The first-order chi connectivity index (χ1) is 7.42. The second kappa shape index (κ2) is 5.30. The van der Waals surface area contributed by atoms with E-state index in [4.69, 9.17) is 22.7 Å². The van der Waals surface area contributed by atoms with Crippen LogP contribution in [0.5, 0.6) is 5.75 Å². The van der Waals surface area contributed by atoms with Crippen molar-refractivity contribution in [1.29, 1.82) is 0 Å². The molecular formula is C13H19NOS. The van der Waals surface area contributed by atoms with Crippen molar-refractivity contribution in [3.63, 3.8) is 0 Å². The van der Waals surface area contributed by atoms with Gasteiger partial charge in [-0.25, -0.2) is 0 Å². The van der Waals surface area contributed by atoms with Crippen LogP contribution in [-0.2, 0) is 0 Å². The Morgan fingerprint density at radius 1 is 1.31 bits per heavy atom. The number of hydrogen-bond donors (Lipinski definition) is 1. The average molecular weight is 237 g/mol. The molecule has 0 heterocycles. The topological polar surface area (TPSA) is 35.2 Å². The van der Waals surface area contributed by atoms with Gasteiger partial charge in [-0.2, -0.15) is 0 Å². The maximum Gasteiger partial charge on any atom is 0.119 e. The summed E-state index contributed by atoms with van der Waals surface area (Å²) in [5.74, 6) is 0.893. The first-order valence-electron chi connectivity index (χ1n) is 5.41. The number of aryl methyl sites for hydroxylation is 1. The summed E-state index contributed by atoms with van der Waals surface area (Å²) in [6.45, 7) is 6.76. The number of benzene rings is 1. The zero-order valence-electron chi connectivity index (χ0n) is 10.1. The molecule has 0 saturated carbocycles. The highest BCUT2D eigenvalue weighted by molar-refractivity contribution is 7.80. The molecule has 0 aromatic heterocycles. The Kier molecular flexibility index (Phi) is 4.30. The Bertz CT molecular complexity index is 357. The number of thiocarbonyl (C=S) groups is 1. The quantitative estimate of drug-likeness (QED) is 0.799. The second-order valence-corrected chi connectivity index (χ2v) is 5.10.